The molecular weight excluding hydrogens is 474 g/mol. The lowest BCUT2D eigenvalue weighted by Crippen LogP contribution is -2.44. The maximum Gasteiger partial charge on any atom is 0.246 e. The zero-order valence-electron chi connectivity index (χ0n) is 19.3. The first-order chi connectivity index (χ1) is 16.2. The third kappa shape index (κ3) is 4.21. The second-order valence-corrected chi connectivity index (χ2v) is 13.1. The van der Waals surface area contributed by atoms with E-state index in [2.05, 4.69) is 28.1 Å². The molecule has 2 fully saturated rings. The van der Waals surface area contributed by atoms with Crippen LogP contribution in [-0.4, -0.2) is 51.6 Å². The van der Waals surface area contributed by atoms with E-state index in [1.165, 1.54) is 9.88 Å². The van der Waals surface area contributed by atoms with Crippen molar-refractivity contribution >= 4 is 20.0 Å². The first-order valence-electron chi connectivity index (χ1n) is 11.8. The van der Waals surface area contributed by atoms with Crippen LogP contribution in [0.25, 0.3) is 0 Å². The number of nitrogens with zero attached hydrogens (tertiary/aromatic N) is 2. The van der Waals surface area contributed by atoms with E-state index in [4.69, 9.17) is 4.74 Å². The van der Waals surface area contributed by atoms with E-state index in [0.717, 1.165) is 56.2 Å². The lowest BCUT2D eigenvalue weighted by Gasteiger charge is -2.42. The highest BCUT2D eigenvalue weighted by atomic mass is 32.2. The summed E-state index contributed by atoms with van der Waals surface area (Å²) >= 11 is 0. The fraction of sp³-hybridized carbons (Fsp3) is 0.500. The number of nitrogens with one attached hydrogen (secondary N) is 1. The molecule has 5 rings (SSSR count). The standard InChI is InChI=1S/C24H31N3O5S2/c1-33(28,29)25-14-16-27(34(30,31)20-10-3-2-4-11-20)22-17-24-13-7-5-9-19(24)18-26-15-8-6-12-21(26)23(24)32-22/h2-4,8,10-11,15,18,22,25H,5-7,9,12-14,16-17H2,1H3/t22-,24?/m1/s1. The number of allylic oxidation sites excluding steroid dienone is 3. The Morgan fingerprint density at radius 2 is 1.94 bits per heavy atom. The third-order valence-electron chi connectivity index (χ3n) is 7.18. The molecule has 1 saturated carbocycles. The maximum absolute atomic E-state index is 13.7. The minimum atomic E-state index is -3.91. The van der Waals surface area contributed by atoms with E-state index < -0.39 is 26.3 Å². The smallest absolute Gasteiger partial charge is 0.246 e. The Morgan fingerprint density at radius 3 is 2.71 bits per heavy atom. The van der Waals surface area contributed by atoms with Gasteiger partial charge in [0.25, 0.3) is 0 Å². The molecule has 1 saturated heterocycles. The molecule has 3 heterocycles. The van der Waals surface area contributed by atoms with Gasteiger partial charge in [0.05, 0.1) is 22.3 Å². The zero-order valence-corrected chi connectivity index (χ0v) is 20.9. The Kier molecular flexibility index (Phi) is 6.12. The van der Waals surface area contributed by atoms with Crippen LogP contribution in [0.15, 0.2) is 70.7 Å². The average Bonchev–Trinajstić information content (AvgIpc) is 3.19. The van der Waals surface area contributed by atoms with Crippen LogP contribution in [0.2, 0.25) is 0 Å². The predicted molar refractivity (Wildman–Crippen MR) is 129 cm³/mol. The topological polar surface area (TPSA) is 96.0 Å². The van der Waals surface area contributed by atoms with E-state index in [0.29, 0.717) is 6.42 Å². The molecule has 3 aliphatic heterocycles. The predicted octanol–water partition coefficient (Wildman–Crippen LogP) is 3.25. The van der Waals surface area contributed by atoms with Gasteiger partial charge in [-0.1, -0.05) is 30.7 Å². The van der Waals surface area contributed by atoms with Gasteiger partial charge in [0.1, 0.15) is 5.76 Å². The SMILES string of the molecule is CS(=O)(=O)NCCN([C@H]1CC23CCCCC2=CN2C=CCCC2=C3O1)S(=O)(=O)c1ccccc1. The molecule has 34 heavy (non-hydrogen) atoms. The van der Waals surface area contributed by atoms with Gasteiger partial charge in [-0.05, 0) is 49.8 Å². The largest absolute Gasteiger partial charge is 0.476 e. The van der Waals surface area contributed by atoms with Crippen molar-refractivity contribution in [2.24, 2.45) is 5.41 Å². The molecule has 2 atom stereocenters. The summed E-state index contributed by atoms with van der Waals surface area (Å²) in [5.41, 5.74) is 2.13. The summed E-state index contributed by atoms with van der Waals surface area (Å²) in [5.74, 6) is 0.906. The quantitative estimate of drug-likeness (QED) is 0.611. The fourth-order valence-corrected chi connectivity index (χ4v) is 7.64. The van der Waals surface area contributed by atoms with Gasteiger partial charge in [-0.25, -0.2) is 21.6 Å². The van der Waals surface area contributed by atoms with E-state index in [1.54, 1.807) is 30.3 Å². The van der Waals surface area contributed by atoms with Crippen LogP contribution in [0.3, 0.4) is 0 Å². The summed E-state index contributed by atoms with van der Waals surface area (Å²) < 4.78 is 61.2. The molecule has 4 aliphatic rings. The van der Waals surface area contributed by atoms with Crippen LogP contribution in [0.1, 0.15) is 44.9 Å². The van der Waals surface area contributed by atoms with Crippen molar-refractivity contribution in [2.45, 2.75) is 56.1 Å². The van der Waals surface area contributed by atoms with Crippen molar-refractivity contribution in [2.75, 3.05) is 19.3 Å². The summed E-state index contributed by atoms with van der Waals surface area (Å²) in [7, 11) is -7.37. The minimum absolute atomic E-state index is 0.0175. The maximum atomic E-state index is 13.7. The molecule has 1 aromatic carbocycles. The van der Waals surface area contributed by atoms with Crippen molar-refractivity contribution in [3.8, 4) is 0 Å². The molecule has 0 bridgehead atoms. The molecule has 0 aromatic heterocycles. The first kappa shape index (κ1) is 23.6. The Hall–Kier alpha value is -2.14. The third-order valence-corrected chi connectivity index (χ3v) is 9.81. The lowest BCUT2D eigenvalue weighted by atomic mass is 9.66. The van der Waals surface area contributed by atoms with E-state index in [-0.39, 0.29) is 23.4 Å². The molecular formula is C24H31N3O5S2. The molecule has 184 valence electrons. The summed E-state index contributed by atoms with van der Waals surface area (Å²) in [6.45, 7) is -0.0441. The van der Waals surface area contributed by atoms with Gasteiger partial charge >= 0.3 is 0 Å². The normalized spacial score (nSPS) is 26.6. The number of sulfonamides is 2. The van der Waals surface area contributed by atoms with Crippen molar-refractivity contribution in [1.29, 1.82) is 0 Å². The van der Waals surface area contributed by atoms with E-state index in [1.807, 2.05) is 0 Å². The Labute approximate surface area is 202 Å². The van der Waals surface area contributed by atoms with Crippen LogP contribution in [-0.2, 0) is 24.8 Å². The summed E-state index contributed by atoms with van der Waals surface area (Å²) in [5, 5.41) is 0. The lowest BCUT2D eigenvalue weighted by molar-refractivity contribution is 0.0582. The zero-order chi connectivity index (χ0) is 24.0. The van der Waals surface area contributed by atoms with Crippen LogP contribution in [0.5, 0.6) is 0 Å². The molecule has 1 N–H and O–H groups in total. The van der Waals surface area contributed by atoms with Crippen LogP contribution < -0.4 is 4.72 Å². The van der Waals surface area contributed by atoms with Gasteiger partial charge < -0.3 is 9.64 Å². The number of ether oxygens (including phenoxy) is 1. The molecule has 8 nitrogen and oxygen atoms in total. The highest BCUT2D eigenvalue weighted by Crippen LogP contribution is 2.59. The molecule has 0 radical (unpaired) electrons. The Bertz CT molecular complexity index is 1250. The van der Waals surface area contributed by atoms with Gasteiger partial charge in [0.2, 0.25) is 20.0 Å². The number of rotatable bonds is 7. The van der Waals surface area contributed by atoms with E-state index >= 15 is 0 Å². The van der Waals surface area contributed by atoms with Crippen molar-refractivity contribution < 1.29 is 21.6 Å². The molecule has 0 amide bonds. The van der Waals surface area contributed by atoms with Gasteiger partial charge in [0.15, 0.2) is 6.23 Å². The monoisotopic (exact) mass is 505 g/mol. The van der Waals surface area contributed by atoms with Gasteiger partial charge in [-0.15, -0.1) is 0 Å². The summed E-state index contributed by atoms with van der Waals surface area (Å²) in [6, 6.07) is 8.27. The van der Waals surface area contributed by atoms with Gasteiger partial charge in [-0.3, -0.25) is 0 Å². The van der Waals surface area contributed by atoms with Crippen molar-refractivity contribution in [3.63, 3.8) is 0 Å². The number of hydrogen-bond donors (Lipinski definition) is 1. The van der Waals surface area contributed by atoms with Crippen molar-refractivity contribution in [1.82, 2.24) is 13.9 Å². The summed E-state index contributed by atoms with van der Waals surface area (Å²) in [4.78, 5) is 2.31. The molecule has 1 spiro atoms. The van der Waals surface area contributed by atoms with E-state index in [9.17, 15) is 16.8 Å². The number of fused-ring (bicyclic) bond motifs is 1. The molecule has 1 aromatic rings. The van der Waals surface area contributed by atoms with Crippen LogP contribution in [0.4, 0.5) is 0 Å². The highest BCUT2D eigenvalue weighted by Gasteiger charge is 2.55. The van der Waals surface area contributed by atoms with Crippen molar-refractivity contribution in [3.05, 3.63) is 65.8 Å². The van der Waals surface area contributed by atoms with Crippen LogP contribution >= 0.6 is 0 Å². The Morgan fingerprint density at radius 1 is 1.15 bits per heavy atom. The second-order valence-electron chi connectivity index (χ2n) is 9.42. The van der Waals surface area contributed by atoms with Gasteiger partial charge in [-0.2, -0.15) is 4.31 Å². The second kappa shape index (κ2) is 8.82. The number of benzene rings is 1. The minimum Gasteiger partial charge on any atom is -0.476 e. The molecule has 10 heteroatoms. The van der Waals surface area contributed by atoms with Gasteiger partial charge in [0, 0.05) is 31.9 Å². The molecule has 1 unspecified atom stereocenters. The number of hydrogen-bond acceptors (Lipinski definition) is 6. The van der Waals surface area contributed by atoms with Crippen LogP contribution in [0, 0.1) is 5.41 Å². The Balaban J connectivity index is 1.53. The molecule has 1 aliphatic carbocycles. The fourth-order valence-electron chi connectivity index (χ4n) is 5.64. The summed E-state index contributed by atoms with van der Waals surface area (Å²) in [6.07, 6.45) is 13.2. The average molecular weight is 506 g/mol. The highest BCUT2D eigenvalue weighted by molar-refractivity contribution is 7.89. The first-order valence-corrected chi connectivity index (χ1v) is 15.1.